The Bertz CT molecular complexity index is 449. The van der Waals surface area contributed by atoms with E-state index in [1.54, 1.807) is 25.2 Å². The van der Waals surface area contributed by atoms with Crippen LogP contribution in [0, 0.1) is 0 Å². The summed E-state index contributed by atoms with van der Waals surface area (Å²) in [5, 5.41) is 2.09. The van der Waals surface area contributed by atoms with E-state index in [4.69, 9.17) is 0 Å². The molecular formula is C12H14F2N2O2. The average Bonchev–Trinajstić information content (AvgIpc) is 2.29. The van der Waals surface area contributed by atoms with Crippen LogP contribution >= 0.6 is 0 Å². The van der Waals surface area contributed by atoms with Crippen molar-refractivity contribution in [3.63, 3.8) is 0 Å². The Labute approximate surface area is 104 Å². The van der Waals surface area contributed by atoms with E-state index in [0.717, 1.165) is 5.56 Å². The molecule has 0 aromatic heterocycles. The van der Waals surface area contributed by atoms with Crippen molar-refractivity contribution < 1.29 is 18.4 Å². The third-order valence-corrected chi connectivity index (χ3v) is 2.35. The zero-order valence-electron chi connectivity index (χ0n) is 10.1. The number of alkyl halides is 2. The van der Waals surface area contributed by atoms with Crippen molar-refractivity contribution in [3.8, 4) is 0 Å². The van der Waals surface area contributed by atoms with Crippen LogP contribution in [0.2, 0.25) is 0 Å². The molecule has 98 valence electrons. The van der Waals surface area contributed by atoms with Gasteiger partial charge in [-0.1, -0.05) is 12.1 Å². The number of amides is 2. The van der Waals surface area contributed by atoms with Crippen molar-refractivity contribution in [2.24, 2.45) is 0 Å². The number of nitrogens with one attached hydrogen (secondary N) is 1. The Kier molecular flexibility index (Phi) is 4.76. The summed E-state index contributed by atoms with van der Waals surface area (Å²) in [5.74, 6) is -1.44. The number of nitrogens with zero attached hydrogens (tertiary/aromatic N) is 1. The smallest absolute Gasteiger partial charge is 0.315 e. The highest BCUT2D eigenvalue weighted by molar-refractivity contribution is 5.93. The number of carbonyl (C=O) groups is 2. The van der Waals surface area contributed by atoms with E-state index in [9.17, 15) is 18.4 Å². The van der Waals surface area contributed by atoms with Crippen LogP contribution < -0.4 is 5.32 Å². The quantitative estimate of drug-likeness (QED) is 0.894. The molecule has 4 nitrogen and oxygen atoms in total. The topological polar surface area (TPSA) is 49.4 Å². The van der Waals surface area contributed by atoms with Gasteiger partial charge in [0.25, 0.3) is 5.91 Å². The zero-order chi connectivity index (χ0) is 13.7. The van der Waals surface area contributed by atoms with Crippen LogP contribution in [0.5, 0.6) is 0 Å². The van der Waals surface area contributed by atoms with E-state index in [1.807, 2.05) is 0 Å². The second kappa shape index (κ2) is 6.09. The molecule has 0 aliphatic rings. The normalized spacial score (nSPS) is 10.3. The molecule has 0 heterocycles. The molecule has 0 unspecified atom stereocenters. The van der Waals surface area contributed by atoms with Crippen LogP contribution in [0.15, 0.2) is 24.3 Å². The lowest BCUT2D eigenvalue weighted by Crippen LogP contribution is -2.23. The summed E-state index contributed by atoms with van der Waals surface area (Å²) in [5.41, 5.74) is 1.04. The molecule has 1 aromatic carbocycles. The first-order chi connectivity index (χ1) is 8.40. The molecule has 0 saturated heterocycles. The van der Waals surface area contributed by atoms with Gasteiger partial charge in [-0.15, -0.1) is 0 Å². The second-order valence-corrected chi connectivity index (χ2v) is 3.87. The van der Waals surface area contributed by atoms with E-state index in [2.05, 4.69) is 5.32 Å². The molecular weight excluding hydrogens is 242 g/mol. The summed E-state index contributed by atoms with van der Waals surface area (Å²) in [6, 6.07) is 6.44. The standard InChI is InChI=1S/C12H14F2N2O2/c1-8(17)16(2)7-9-4-3-5-10(6-9)15-12(18)11(13)14/h3-6,11H,7H2,1-2H3,(H,15,18). The van der Waals surface area contributed by atoms with Crippen molar-refractivity contribution in [2.45, 2.75) is 19.9 Å². The molecule has 0 spiro atoms. The maximum atomic E-state index is 12.1. The average molecular weight is 256 g/mol. The van der Waals surface area contributed by atoms with E-state index in [0.29, 0.717) is 6.54 Å². The lowest BCUT2D eigenvalue weighted by molar-refractivity contribution is -0.128. The number of hydrogen-bond acceptors (Lipinski definition) is 2. The minimum Gasteiger partial charge on any atom is -0.342 e. The fourth-order valence-electron chi connectivity index (χ4n) is 1.33. The summed E-state index contributed by atoms with van der Waals surface area (Å²) in [7, 11) is 1.63. The van der Waals surface area contributed by atoms with Crippen LogP contribution in [0.25, 0.3) is 0 Å². The monoisotopic (exact) mass is 256 g/mol. The number of hydrogen-bond donors (Lipinski definition) is 1. The first-order valence-corrected chi connectivity index (χ1v) is 5.30. The second-order valence-electron chi connectivity index (χ2n) is 3.87. The molecule has 1 aromatic rings. The highest BCUT2D eigenvalue weighted by atomic mass is 19.3. The van der Waals surface area contributed by atoms with Crippen molar-refractivity contribution in [1.29, 1.82) is 0 Å². The number of halogens is 2. The first kappa shape index (κ1) is 14.1. The fourth-order valence-corrected chi connectivity index (χ4v) is 1.33. The molecule has 0 saturated carbocycles. The number of benzene rings is 1. The number of anilines is 1. The summed E-state index contributed by atoms with van der Waals surface area (Å²) in [6.45, 7) is 1.79. The Hall–Kier alpha value is -1.98. The predicted octanol–water partition coefficient (Wildman–Crippen LogP) is 1.87. The number of rotatable bonds is 4. The minimum atomic E-state index is -3.05. The van der Waals surface area contributed by atoms with Gasteiger partial charge in [-0.2, -0.15) is 8.78 Å². The van der Waals surface area contributed by atoms with Gasteiger partial charge in [0, 0.05) is 26.2 Å². The maximum absolute atomic E-state index is 12.1. The predicted molar refractivity (Wildman–Crippen MR) is 63.2 cm³/mol. The summed E-state index contributed by atoms with van der Waals surface area (Å²) in [6.07, 6.45) is -3.05. The first-order valence-electron chi connectivity index (χ1n) is 5.30. The molecule has 6 heteroatoms. The van der Waals surface area contributed by atoms with Gasteiger partial charge in [0.2, 0.25) is 5.91 Å². The molecule has 2 amide bonds. The highest BCUT2D eigenvalue weighted by Crippen LogP contribution is 2.13. The van der Waals surface area contributed by atoms with Gasteiger partial charge in [-0.05, 0) is 17.7 Å². The van der Waals surface area contributed by atoms with Crippen molar-refractivity contribution >= 4 is 17.5 Å². The molecule has 0 aliphatic heterocycles. The van der Waals surface area contributed by atoms with Gasteiger partial charge in [-0.25, -0.2) is 0 Å². The minimum absolute atomic E-state index is 0.1000. The number of carbonyl (C=O) groups excluding carboxylic acids is 2. The van der Waals surface area contributed by atoms with Gasteiger partial charge in [0.15, 0.2) is 0 Å². The third kappa shape index (κ3) is 4.12. The molecule has 0 bridgehead atoms. The Morgan fingerprint density at radius 1 is 1.39 bits per heavy atom. The van der Waals surface area contributed by atoms with Crippen LogP contribution in [-0.2, 0) is 16.1 Å². The Morgan fingerprint density at radius 2 is 2.06 bits per heavy atom. The largest absolute Gasteiger partial charge is 0.342 e. The van der Waals surface area contributed by atoms with Gasteiger partial charge >= 0.3 is 6.43 Å². The highest BCUT2D eigenvalue weighted by Gasteiger charge is 2.15. The summed E-state index contributed by atoms with van der Waals surface area (Å²) >= 11 is 0. The van der Waals surface area contributed by atoms with E-state index < -0.39 is 12.3 Å². The van der Waals surface area contributed by atoms with Crippen LogP contribution in [-0.4, -0.2) is 30.2 Å². The Balaban J connectivity index is 2.73. The van der Waals surface area contributed by atoms with Crippen molar-refractivity contribution in [3.05, 3.63) is 29.8 Å². The molecule has 0 radical (unpaired) electrons. The SMILES string of the molecule is CC(=O)N(C)Cc1cccc(NC(=O)C(F)F)c1. The third-order valence-electron chi connectivity index (χ3n) is 2.35. The van der Waals surface area contributed by atoms with Crippen LogP contribution in [0.1, 0.15) is 12.5 Å². The Morgan fingerprint density at radius 3 is 2.61 bits per heavy atom. The van der Waals surface area contributed by atoms with E-state index in [-0.39, 0.29) is 11.6 Å². The van der Waals surface area contributed by atoms with E-state index in [1.165, 1.54) is 17.9 Å². The molecule has 18 heavy (non-hydrogen) atoms. The van der Waals surface area contributed by atoms with Gasteiger partial charge in [0.05, 0.1) is 0 Å². The van der Waals surface area contributed by atoms with Crippen molar-refractivity contribution in [2.75, 3.05) is 12.4 Å². The van der Waals surface area contributed by atoms with Gasteiger partial charge < -0.3 is 10.2 Å². The lowest BCUT2D eigenvalue weighted by atomic mass is 10.2. The molecule has 1 rings (SSSR count). The lowest BCUT2D eigenvalue weighted by Gasteiger charge is -2.15. The molecule has 1 N–H and O–H groups in total. The van der Waals surface area contributed by atoms with Gasteiger partial charge in [0.1, 0.15) is 0 Å². The van der Waals surface area contributed by atoms with Crippen molar-refractivity contribution in [1.82, 2.24) is 4.90 Å². The zero-order valence-corrected chi connectivity index (χ0v) is 10.1. The summed E-state index contributed by atoms with van der Waals surface area (Å²) < 4.78 is 24.1. The van der Waals surface area contributed by atoms with Crippen LogP contribution in [0.4, 0.5) is 14.5 Å². The van der Waals surface area contributed by atoms with E-state index >= 15 is 0 Å². The molecule has 0 aliphatic carbocycles. The van der Waals surface area contributed by atoms with Crippen LogP contribution in [0.3, 0.4) is 0 Å². The van der Waals surface area contributed by atoms with Gasteiger partial charge in [-0.3, -0.25) is 9.59 Å². The summed E-state index contributed by atoms with van der Waals surface area (Å²) in [4.78, 5) is 23.4. The fraction of sp³-hybridized carbons (Fsp3) is 0.333. The molecule has 0 fully saturated rings. The maximum Gasteiger partial charge on any atom is 0.315 e. The molecule has 0 atom stereocenters.